The Kier molecular flexibility index (Phi) is 3.62. The highest BCUT2D eigenvalue weighted by Crippen LogP contribution is 2.16. The average Bonchev–Trinajstić information content (AvgIpc) is 3.05. The van der Waals surface area contributed by atoms with E-state index < -0.39 is 0 Å². The standard InChI is InChI=1S/C15H21N3/c1-2-10-18(9-1)11-8-16-12-13-4-3-5-15-14(13)6-7-17-15/h3-7,16-17H,1-2,8-12H2. The predicted octanol–water partition coefficient (Wildman–Crippen LogP) is 2.35. The maximum absolute atomic E-state index is 3.55. The number of aromatic nitrogens is 1. The predicted molar refractivity (Wildman–Crippen MR) is 75.7 cm³/mol. The third-order valence-corrected chi connectivity index (χ3v) is 3.80. The van der Waals surface area contributed by atoms with Crippen LogP contribution in [-0.4, -0.2) is 36.1 Å². The average molecular weight is 243 g/mol. The van der Waals surface area contributed by atoms with Crippen LogP contribution in [0.4, 0.5) is 0 Å². The molecule has 0 spiro atoms. The maximum Gasteiger partial charge on any atom is 0.0457 e. The lowest BCUT2D eigenvalue weighted by Gasteiger charge is -2.14. The third-order valence-electron chi connectivity index (χ3n) is 3.80. The van der Waals surface area contributed by atoms with E-state index in [1.54, 1.807) is 0 Å². The summed E-state index contributed by atoms with van der Waals surface area (Å²) in [5, 5.41) is 4.89. The summed E-state index contributed by atoms with van der Waals surface area (Å²) in [6.07, 6.45) is 4.77. The summed E-state index contributed by atoms with van der Waals surface area (Å²) >= 11 is 0. The van der Waals surface area contributed by atoms with Crippen molar-refractivity contribution in [2.45, 2.75) is 19.4 Å². The highest BCUT2D eigenvalue weighted by molar-refractivity contribution is 5.82. The molecule has 1 saturated heterocycles. The molecule has 2 heterocycles. The first-order chi connectivity index (χ1) is 8.93. The number of rotatable bonds is 5. The van der Waals surface area contributed by atoms with E-state index in [0.29, 0.717) is 0 Å². The minimum absolute atomic E-state index is 0.961. The zero-order chi connectivity index (χ0) is 12.2. The Morgan fingerprint density at radius 3 is 2.94 bits per heavy atom. The summed E-state index contributed by atoms with van der Waals surface area (Å²) in [6.45, 7) is 5.80. The maximum atomic E-state index is 3.55. The van der Waals surface area contributed by atoms with Crippen LogP contribution < -0.4 is 5.32 Å². The van der Waals surface area contributed by atoms with E-state index in [4.69, 9.17) is 0 Å². The van der Waals surface area contributed by atoms with Gasteiger partial charge in [-0.1, -0.05) is 12.1 Å². The molecule has 3 nitrogen and oxygen atoms in total. The van der Waals surface area contributed by atoms with Crippen molar-refractivity contribution in [1.29, 1.82) is 0 Å². The Morgan fingerprint density at radius 1 is 1.17 bits per heavy atom. The Bertz CT molecular complexity index is 497. The van der Waals surface area contributed by atoms with Crippen molar-refractivity contribution in [2.75, 3.05) is 26.2 Å². The smallest absolute Gasteiger partial charge is 0.0457 e. The number of nitrogens with one attached hydrogen (secondary N) is 2. The molecule has 0 unspecified atom stereocenters. The molecule has 18 heavy (non-hydrogen) atoms. The van der Waals surface area contributed by atoms with Crippen molar-refractivity contribution in [2.24, 2.45) is 0 Å². The highest BCUT2D eigenvalue weighted by Gasteiger charge is 2.10. The zero-order valence-electron chi connectivity index (χ0n) is 10.8. The van der Waals surface area contributed by atoms with Crippen LogP contribution in [0.5, 0.6) is 0 Å². The van der Waals surface area contributed by atoms with Crippen LogP contribution in [0, 0.1) is 0 Å². The fourth-order valence-electron chi connectivity index (χ4n) is 2.77. The molecule has 1 aliphatic rings. The quantitative estimate of drug-likeness (QED) is 0.790. The fourth-order valence-corrected chi connectivity index (χ4v) is 2.77. The molecule has 1 aliphatic heterocycles. The lowest BCUT2D eigenvalue weighted by Crippen LogP contribution is -2.29. The SMILES string of the molecule is c1cc(CNCCN2CCCC2)c2cc[nH]c2c1. The van der Waals surface area contributed by atoms with Gasteiger partial charge in [0.25, 0.3) is 0 Å². The second kappa shape index (κ2) is 5.55. The van der Waals surface area contributed by atoms with Gasteiger partial charge in [0.1, 0.15) is 0 Å². The molecule has 1 fully saturated rings. The van der Waals surface area contributed by atoms with Crippen LogP contribution in [-0.2, 0) is 6.54 Å². The molecule has 2 aromatic rings. The first-order valence-corrected chi connectivity index (χ1v) is 6.91. The van der Waals surface area contributed by atoms with Gasteiger partial charge in [-0.2, -0.15) is 0 Å². The van der Waals surface area contributed by atoms with Crippen LogP contribution in [0.15, 0.2) is 30.5 Å². The summed E-state index contributed by atoms with van der Waals surface area (Å²) < 4.78 is 0. The summed E-state index contributed by atoms with van der Waals surface area (Å²) in [5.41, 5.74) is 2.61. The van der Waals surface area contributed by atoms with E-state index in [0.717, 1.165) is 13.1 Å². The van der Waals surface area contributed by atoms with Crippen molar-refractivity contribution in [1.82, 2.24) is 15.2 Å². The Hall–Kier alpha value is -1.32. The van der Waals surface area contributed by atoms with Gasteiger partial charge in [0, 0.05) is 36.7 Å². The molecular formula is C15H21N3. The molecule has 3 heteroatoms. The highest BCUT2D eigenvalue weighted by atomic mass is 15.1. The summed E-state index contributed by atoms with van der Waals surface area (Å²) in [6, 6.07) is 8.62. The van der Waals surface area contributed by atoms with Crippen LogP contribution in [0.25, 0.3) is 10.9 Å². The largest absolute Gasteiger partial charge is 0.361 e. The third kappa shape index (κ3) is 2.57. The molecule has 0 saturated carbocycles. The number of likely N-dealkylation sites (tertiary alicyclic amines) is 1. The van der Waals surface area contributed by atoms with Gasteiger partial charge in [0.15, 0.2) is 0 Å². The number of hydrogen-bond donors (Lipinski definition) is 2. The number of nitrogens with zero attached hydrogens (tertiary/aromatic N) is 1. The molecule has 2 N–H and O–H groups in total. The van der Waals surface area contributed by atoms with E-state index in [-0.39, 0.29) is 0 Å². The van der Waals surface area contributed by atoms with Gasteiger partial charge in [-0.15, -0.1) is 0 Å². The van der Waals surface area contributed by atoms with Crippen LogP contribution in [0.1, 0.15) is 18.4 Å². The summed E-state index contributed by atoms with van der Waals surface area (Å²) in [7, 11) is 0. The van der Waals surface area contributed by atoms with Gasteiger partial charge in [0.05, 0.1) is 0 Å². The fraction of sp³-hybridized carbons (Fsp3) is 0.467. The second-order valence-corrected chi connectivity index (χ2v) is 5.08. The minimum atomic E-state index is 0.961. The van der Waals surface area contributed by atoms with Gasteiger partial charge in [-0.05, 0) is 43.6 Å². The lowest BCUT2D eigenvalue weighted by atomic mass is 10.1. The number of benzene rings is 1. The number of H-pyrrole nitrogens is 1. The van der Waals surface area contributed by atoms with Crippen LogP contribution >= 0.6 is 0 Å². The molecular weight excluding hydrogens is 222 g/mol. The van der Waals surface area contributed by atoms with Gasteiger partial charge >= 0.3 is 0 Å². The van der Waals surface area contributed by atoms with Crippen molar-refractivity contribution in [3.05, 3.63) is 36.0 Å². The molecule has 1 aromatic carbocycles. The molecule has 0 aliphatic carbocycles. The van der Waals surface area contributed by atoms with Crippen molar-refractivity contribution < 1.29 is 0 Å². The molecule has 0 bridgehead atoms. The van der Waals surface area contributed by atoms with Crippen molar-refractivity contribution >= 4 is 10.9 Å². The lowest BCUT2D eigenvalue weighted by molar-refractivity contribution is 0.336. The van der Waals surface area contributed by atoms with E-state index in [1.165, 1.54) is 48.9 Å². The van der Waals surface area contributed by atoms with Gasteiger partial charge < -0.3 is 15.2 Å². The molecule has 3 rings (SSSR count). The Morgan fingerprint density at radius 2 is 2.06 bits per heavy atom. The van der Waals surface area contributed by atoms with Crippen molar-refractivity contribution in [3.63, 3.8) is 0 Å². The monoisotopic (exact) mass is 243 g/mol. The Labute approximate surface area is 108 Å². The number of hydrogen-bond acceptors (Lipinski definition) is 2. The number of fused-ring (bicyclic) bond motifs is 1. The normalized spacial score (nSPS) is 16.7. The Balaban J connectivity index is 1.51. The van der Waals surface area contributed by atoms with E-state index >= 15 is 0 Å². The van der Waals surface area contributed by atoms with Gasteiger partial charge in [-0.25, -0.2) is 0 Å². The molecule has 1 aromatic heterocycles. The van der Waals surface area contributed by atoms with E-state index in [9.17, 15) is 0 Å². The minimum Gasteiger partial charge on any atom is -0.361 e. The first-order valence-electron chi connectivity index (χ1n) is 6.91. The van der Waals surface area contributed by atoms with E-state index in [2.05, 4.69) is 39.5 Å². The molecule has 0 amide bonds. The van der Waals surface area contributed by atoms with Crippen LogP contribution in [0.3, 0.4) is 0 Å². The zero-order valence-corrected chi connectivity index (χ0v) is 10.8. The molecule has 0 atom stereocenters. The second-order valence-electron chi connectivity index (χ2n) is 5.08. The topological polar surface area (TPSA) is 31.1 Å². The van der Waals surface area contributed by atoms with E-state index in [1.807, 2.05) is 6.20 Å². The van der Waals surface area contributed by atoms with Gasteiger partial charge in [-0.3, -0.25) is 0 Å². The summed E-state index contributed by atoms with van der Waals surface area (Å²) in [5.74, 6) is 0. The first kappa shape index (κ1) is 11.8. The van der Waals surface area contributed by atoms with Gasteiger partial charge in [0.2, 0.25) is 0 Å². The van der Waals surface area contributed by atoms with Crippen LogP contribution in [0.2, 0.25) is 0 Å². The van der Waals surface area contributed by atoms with Crippen molar-refractivity contribution in [3.8, 4) is 0 Å². The molecule has 0 radical (unpaired) electrons. The molecule has 96 valence electrons. The summed E-state index contributed by atoms with van der Waals surface area (Å²) in [4.78, 5) is 5.80. The number of aromatic amines is 1.